The summed E-state index contributed by atoms with van der Waals surface area (Å²) in [5, 5.41) is 14.6. The summed E-state index contributed by atoms with van der Waals surface area (Å²) >= 11 is 0. The number of likely N-dealkylation sites (N-methyl/N-ethyl adjacent to an activating group) is 1. The second-order valence-electron chi connectivity index (χ2n) is 11.1. The van der Waals surface area contributed by atoms with Crippen LogP contribution in [-0.2, 0) is 31.2 Å². The topological polar surface area (TPSA) is 128 Å². The van der Waals surface area contributed by atoms with Crippen LogP contribution in [0.5, 0.6) is 0 Å². The van der Waals surface area contributed by atoms with Gasteiger partial charge in [-0.05, 0) is 57.4 Å². The number of fused-ring (bicyclic) bond motifs is 1. The van der Waals surface area contributed by atoms with Crippen molar-refractivity contribution in [3.63, 3.8) is 0 Å². The minimum absolute atomic E-state index is 0.0687. The van der Waals surface area contributed by atoms with Gasteiger partial charge in [0.15, 0.2) is 6.29 Å². The van der Waals surface area contributed by atoms with Gasteiger partial charge in [0.05, 0.1) is 11.9 Å². The van der Waals surface area contributed by atoms with Gasteiger partial charge in [-0.25, -0.2) is 0 Å². The number of piperazine rings is 1. The minimum Gasteiger partial charge on any atom is -0.386 e. The molecule has 220 valence electrons. The van der Waals surface area contributed by atoms with Gasteiger partial charge < -0.3 is 24.7 Å². The highest BCUT2D eigenvalue weighted by Gasteiger charge is 2.20. The smallest absolute Gasteiger partial charge is 0.274 e. The number of anilines is 2. The van der Waals surface area contributed by atoms with Crippen molar-refractivity contribution in [2.24, 2.45) is 7.05 Å². The van der Waals surface area contributed by atoms with Crippen LogP contribution < -0.4 is 21.1 Å². The zero-order valence-corrected chi connectivity index (χ0v) is 24.4. The van der Waals surface area contributed by atoms with Crippen LogP contribution in [0.1, 0.15) is 40.2 Å². The molecule has 1 aliphatic heterocycles. The second kappa shape index (κ2) is 12.6. The summed E-state index contributed by atoms with van der Waals surface area (Å²) in [5.74, 6) is 0.0687. The number of nitrogens with one attached hydrogen (secondary N) is 3. The van der Waals surface area contributed by atoms with Crippen molar-refractivity contribution in [1.82, 2.24) is 24.3 Å². The molecule has 1 amide bonds. The molecule has 0 unspecified atom stereocenters. The highest BCUT2D eigenvalue weighted by Crippen LogP contribution is 2.30. The van der Waals surface area contributed by atoms with Crippen molar-refractivity contribution >= 4 is 29.9 Å². The average Bonchev–Trinajstić information content (AvgIpc) is 3.30. The molecular formula is C31H38N8O3. The van der Waals surface area contributed by atoms with Gasteiger partial charge in [-0.15, -0.1) is 0 Å². The number of pyridine rings is 2. The molecule has 3 aromatic heterocycles. The third-order valence-electron chi connectivity index (χ3n) is 8.07. The van der Waals surface area contributed by atoms with Crippen LogP contribution in [0.4, 0.5) is 11.4 Å². The van der Waals surface area contributed by atoms with Gasteiger partial charge >= 0.3 is 0 Å². The first-order valence-corrected chi connectivity index (χ1v) is 14.3. The van der Waals surface area contributed by atoms with Gasteiger partial charge in [-0.3, -0.25) is 29.7 Å². The molecule has 4 heterocycles. The van der Waals surface area contributed by atoms with E-state index in [0.717, 1.165) is 50.7 Å². The number of carbonyl (C=O) groups excluding carboxylic acids is 2. The lowest BCUT2D eigenvalue weighted by Gasteiger charge is -2.26. The fourth-order valence-electron chi connectivity index (χ4n) is 5.94. The lowest BCUT2D eigenvalue weighted by atomic mass is 9.98. The van der Waals surface area contributed by atoms with Crippen LogP contribution in [-0.4, -0.2) is 70.8 Å². The summed E-state index contributed by atoms with van der Waals surface area (Å²) in [6, 6.07) is 3.86. The summed E-state index contributed by atoms with van der Waals surface area (Å²) in [4.78, 5) is 45.7. The van der Waals surface area contributed by atoms with Gasteiger partial charge in [0.25, 0.3) is 5.56 Å². The van der Waals surface area contributed by atoms with E-state index >= 15 is 0 Å². The highest BCUT2D eigenvalue weighted by molar-refractivity contribution is 6.02. The summed E-state index contributed by atoms with van der Waals surface area (Å²) in [6.45, 7) is 5.47. The zero-order chi connectivity index (χ0) is 29.8. The number of hydrogen-bond donors (Lipinski definition) is 3. The van der Waals surface area contributed by atoms with E-state index < -0.39 is 0 Å². The first kappa shape index (κ1) is 29.0. The largest absolute Gasteiger partial charge is 0.386 e. The Morgan fingerprint density at radius 3 is 2.76 bits per heavy atom. The average molecular weight is 571 g/mol. The Bertz CT molecular complexity index is 1600. The molecular weight excluding hydrogens is 532 g/mol. The monoisotopic (exact) mass is 570 g/mol. The lowest BCUT2D eigenvalue weighted by molar-refractivity contribution is -0.107. The highest BCUT2D eigenvalue weighted by atomic mass is 16.1. The van der Waals surface area contributed by atoms with Crippen LogP contribution >= 0.6 is 0 Å². The zero-order valence-electron chi connectivity index (χ0n) is 24.4. The molecule has 11 nitrogen and oxygen atoms in total. The third-order valence-corrected chi connectivity index (χ3v) is 8.07. The number of rotatable bonds is 9. The molecule has 1 aliphatic carbocycles. The first-order valence-electron chi connectivity index (χ1n) is 14.3. The van der Waals surface area contributed by atoms with Gasteiger partial charge in [-0.2, -0.15) is 0 Å². The van der Waals surface area contributed by atoms with Crippen molar-refractivity contribution in [2.75, 3.05) is 43.4 Å². The number of amides is 1. The fourth-order valence-corrected chi connectivity index (χ4v) is 5.94. The molecule has 1 saturated heterocycles. The van der Waals surface area contributed by atoms with Crippen molar-refractivity contribution in [3.8, 4) is 11.1 Å². The maximum absolute atomic E-state index is 13.0. The minimum atomic E-state index is -0.313. The number of aldehydes is 1. The molecule has 0 atom stereocenters. The van der Waals surface area contributed by atoms with Crippen molar-refractivity contribution in [1.29, 1.82) is 5.41 Å². The Kier molecular flexibility index (Phi) is 8.67. The molecule has 0 bridgehead atoms. The summed E-state index contributed by atoms with van der Waals surface area (Å²) < 4.78 is 3.68. The predicted octanol–water partition coefficient (Wildman–Crippen LogP) is 2.72. The normalized spacial score (nSPS) is 16.0. The van der Waals surface area contributed by atoms with E-state index in [1.165, 1.54) is 39.0 Å². The summed E-state index contributed by atoms with van der Waals surface area (Å²) in [5.41, 5.74) is 6.44. The number of aryl methyl sites for hydroxylation is 3. The molecule has 0 aromatic carbocycles. The van der Waals surface area contributed by atoms with Crippen molar-refractivity contribution in [2.45, 2.75) is 39.2 Å². The predicted molar refractivity (Wildman–Crippen MR) is 164 cm³/mol. The Balaban J connectivity index is 1.42. The van der Waals surface area contributed by atoms with E-state index in [2.05, 4.69) is 38.1 Å². The summed E-state index contributed by atoms with van der Waals surface area (Å²) in [6.07, 6.45) is 12.3. The molecule has 1 fully saturated rings. The molecule has 3 N–H and O–H groups in total. The number of carbonyl (C=O) groups is 2. The molecule has 3 aromatic rings. The van der Waals surface area contributed by atoms with E-state index in [-0.39, 0.29) is 17.1 Å². The Hall–Kier alpha value is -4.51. The molecule has 0 spiro atoms. The Labute approximate surface area is 245 Å². The molecule has 0 saturated carbocycles. The van der Waals surface area contributed by atoms with Gasteiger partial charge in [0.1, 0.15) is 11.5 Å². The van der Waals surface area contributed by atoms with Crippen LogP contribution in [0.3, 0.4) is 0 Å². The van der Waals surface area contributed by atoms with Crippen LogP contribution in [0.25, 0.3) is 11.1 Å². The van der Waals surface area contributed by atoms with E-state index in [1.54, 1.807) is 31.6 Å². The van der Waals surface area contributed by atoms with Gasteiger partial charge in [0, 0.05) is 92.0 Å². The number of hydrogen-bond acceptors (Lipinski definition) is 7. The lowest BCUT2D eigenvalue weighted by Crippen LogP contribution is -2.40. The quantitative estimate of drug-likeness (QED) is 0.205. The first-order chi connectivity index (χ1) is 20.3. The Morgan fingerprint density at radius 1 is 1.19 bits per heavy atom. The van der Waals surface area contributed by atoms with Crippen molar-refractivity contribution < 1.29 is 9.59 Å². The molecule has 0 radical (unpaired) electrons. The number of aromatic nitrogens is 3. The van der Waals surface area contributed by atoms with Crippen LogP contribution in [0.15, 0.2) is 47.3 Å². The van der Waals surface area contributed by atoms with Gasteiger partial charge in [0.2, 0.25) is 6.41 Å². The van der Waals surface area contributed by atoms with Crippen molar-refractivity contribution in [3.05, 3.63) is 75.4 Å². The molecule has 11 heteroatoms. The maximum Gasteiger partial charge on any atom is 0.274 e. The fraction of sp³-hybridized carbons (Fsp3) is 0.387. The number of nitrogens with zero attached hydrogens (tertiary/aromatic N) is 5. The third kappa shape index (κ3) is 6.06. The SMILES string of the molecule is Cc1cc2c(n1CCN(C=O)c1cncc(-c3cc(NC(=N)/C=C4/CN(C)CCN4)c(=O)n(C)c3)c1C=O)CCCC2. The summed E-state index contributed by atoms with van der Waals surface area (Å²) in [7, 11) is 3.63. The van der Waals surface area contributed by atoms with Crippen LogP contribution in [0.2, 0.25) is 0 Å². The standard InChI is InChI=1S/C31H38N8O3/c1-21-12-22-6-4-5-7-28(22)39(21)11-10-38(20-41)29-16-33-15-25(26(29)19-40)23-13-27(31(42)37(3)17-23)35-30(32)14-24-18-36(2)9-8-34-24/h12-17,19-20,34H,4-11,18H2,1-3H3,(H2,32,35)/b24-14-. The Morgan fingerprint density at radius 2 is 2.00 bits per heavy atom. The second-order valence-corrected chi connectivity index (χ2v) is 11.1. The molecule has 2 aliphatic rings. The van der Waals surface area contributed by atoms with E-state index in [9.17, 15) is 14.4 Å². The number of amidine groups is 1. The van der Waals surface area contributed by atoms with Crippen LogP contribution in [0, 0.1) is 12.3 Å². The molecule has 42 heavy (non-hydrogen) atoms. The van der Waals surface area contributed by atoms with E-state index in [0.29, 0.717) is 42.0 Å². The molecule has 5 rings (SSSR count). The van der Waals surface area contributed by atoms with E-state index in [1.807, 2.05) is 7.05 Å². The van der Waals surface area contributed by atoms with E-state index in [4.69, 9.17) is 5.41 Å². The van der Waals surface area contributed by atoms with Gasteiger partial charge in [-0.1, -0.05) is 0 Å². The maximum atomic E-state index is 13.0.